The van der Waals surface area contributed by atoms with Crippen LogP contribution in [0.5, 0.6) is 0 Å². The van der Waals surface area contributed by atoms with E-state index in [1.807, 2.05) is 0 Å². The van der Waals surface area contributed by atoms with Gasteiger partial charge in [-0.2, -0.15) is 5.10 Å². The van der Waals surface area contributed by atoms with Crippen LogP contribution in [0.15, 0.2) is 45.7 Å². The van der Waals surface area contributed by atoms with Crippen LogP contribution in [0.2, 0.25) is 0 Å². The molecule has 0 radical (unpaired) electrons. The van der Waals surface area contributed by atoms with E-state index in [0.29, 0.717) is 17.3 Å². The van der Waals surface area contributed by atoms with Gasteiger partial charge in [-0.05, 0) is 18.6 Å². The summed E-state index contributed by atoms with van der Waals surface area (Å²) in [6.07, 6.45) is 5.38. The first-order valence-electron chi connectivity index (χ1n) is 5.02. The van der Waals surface area contributed by atoms with Crippen molar-refractivity contribution >= 4 is 29.1 Å². The fourth-order valence-electron chi connectivity index (χ4n) is 1.26. The van der Waals surface area contributed by atoms with Crippen molar-refractivity contribution in [1.29, 1.82) is 0 Å². The van der Waals surface area contributed by atoms with Crippen LogP contribution in [0.4, 0.5) is 0 Å². The van der Waals surface area contributed by atoms with Gasteiger partial charge in [-0.15, -0.1) is 11.7 Å². The van der Waals surface area contributed by atoms with Crippen molar-refractivity contribution in [1.82, 2.24) is 5.32 Å². The smallest absolute Gasteiger partial charge is 0.239 e. The molecule has 0 spiro atoms. The van der Waals surface area contributed by atoms with Crippen molar-refractivity contribution in [3.05, 3.63) is 36.8 Å². The largest absolute Gasteiger partial charge is 0.463 e. The number of carbonyl (C=O) groups is 1. The van der Waals surface area contributed by atoms with Crippen LogP contribution >= 0.6 is 11.8 Å². The highest BCUT2D eigenvalue weighted by molar-refractivity contribution is 8.15. The van der Waals surface area contributed by atoms with E-state index in [0.717, 1.165) is 0 Å². The first kappa shape index (κ1) is 11.7. The van der Waals surface area contributed by atoms with E-state index in [1.165, 1.54) is 18.0 Å². The number of amidine groups is 1. The molecule has 1 fully saturated rings. The average molecular weight is 249 g/mol. The van der Waals surface area contributed by atoms with E-state index in [9.17, 15) is 4.79 Å². The molecule has 2 heterocycles. The number of carbonyl (C=O) groups excluding carboxylic acids is 1. The highest BCUT2D eigenvalue weighted by Gasteiger charge is 2.28. The summed E-state index contributed by atoms with van der Waals surface area (Å²) < 4.78 is 5.05. The molecular weight excluding hydrogens is 238 g/mol. The topological polar surface area (TPSA) is 67.0 Å². The molecule has 0 aromatic carbocycles. The van der Waals surface area contributed by atoms with Crippen LogP contribution in [0.3, 0.4) is 0 Å². The predicted molar refractivity (Wildman–Crippen MR) is 68.1 cm³/mol. The highest BCUT2D eigenvalue weighted by atomic mass is 32.2. The van der Waals surface area contributed by atoms with Crippen LogP contribution < -0.4 is 5.32 Å². The number of furan rings is 1. The number of nitrogens with one attached hydrogen (secondary N) is 1. The Bertz CT molecular complexity index is 465. The molecule has 2 rings (SSSR count). The van der Waals surface area contributed by atoms with Crippen LogP contribution in [0.1, 0.15) is 12.2 Å². The van der Waals surface area contributed by atoms with Gasteiger partial charge in [0.25, 0.3) is 0 Å². The van der Waals surface area contributed by atoms with Crippen molar-refractivity contribution in [3.63, 3.8) is 0 Å². The molecule has 0 saturated carbocycles. The Hall–Kier alpha value is -1.82. The Labute approximate surface area is 103 Å². The number of hydrogen-bond donors (Lipinski definition) is 1. The summed E-state index contributed by atoms with van der Waals surface area (Å²) in [4.78, 5) is 11.4. The summed E-state index contributed by atoms with van der Waals surface area (Å²) in [6, 6.07) is 3.53. The van der Waals surface area contributed by atoms with Crippen LogP contribution in [-0.4, -0.2) is 22.5 Å². The van der Waals surface area contributed by atoms with Gasteiger partial charge in [0, 0.05) is 0 Å². The molecule has 6 heteroatoms. The SMILES string of the molecule is C=CC[C@H]1S/C(=N\N=C/c2ccco2)NC1=O. The highest BCUT2D eigenvalue weighted by Crippen LogP contribution is 2.22. The molecule has 1 saturated heterocycles. The fraction of sp³-hybridized carbons (Fsp3) is 0.182. The maximum Gasteiger partial charge on any atom is 0.239 e. The van der Waals surface area contributed by atoms with Crippen molar-refractivity contribution in [2.45, 2.75) is 11.7 Å². The van der Waals surface area contributed by atoms with Crippen LogP contribution in [0, 0.1) is 0 Å². The van der Waals surface area contributed by atoms with Crippen molar-refractivity contribution in [2.75, 3.05) is 0 Å². The lowest BCUT2D eigenvalue weighted by molar-refractivity contribution is -0.118. The molecule has 0 unspecified atom stereocenters. The van der Waals surface area contributed by atoms with Gasteiger partial charge in [-0.3, -0.25) is 4.79 Å². The summed E-state index contributed by atoms with van der Waals surface area (Å²) in [6.45, 7) is 3.60. The quantitative estimate of drug-likeness (QED) is 0.502. The van der Waals surface area contributed by atoms with Gasteiger partial charge in [-0.1, -0.05) is 17.8 Å². The Morgan fingerprint density at radius 1 is 1.65 bits per heavy atom. The van der Waals surface area contributed by atoms with E-state index >= 15 is 0 Å². The molecule has 17 heavy (non-hydrogen) atoms. The van der Waals surface area contributed by atoms with Crippen LogP contribution in [0.25, 0.3) is 0 Å². The first-order chi connectivity index (χ1) is 8.29. The number of hydrogen-bond acceptors (Lipinski definition) is 5. The van der Waals surface area contributed by atoms with E-state index in [2.05, 4.69) is 22.1 Å². The predicted octanol–water partition coefficient (Wildman–Crippen LogP) is 1.78. The zero-order valence-electron chi connectivity index (χ0n) is 9.00. The van der Waals surface area contributed by atoms with E-state index in [4.69, 9.17) is 4.42 Å². The second-order valence-electron chi connectivity index (χ2n) is 3.29. The van der Waals surface area contributed by atoms with Crippen LogP contribution in [-0.2, 0) is 4.79 Å². The van der Waals surface area contributed by atoms with E-state index in [-0.39, 0.29) is 11.2 Å². The monoisotopic (exact) mass is 249 g/mol. The normalized spacial score (nSPS) is 22.2. The molecule has 0 aliphatic carbocycles. The number of amides is 1. The summed E-state index contributed by atoms with van der Waals surface area (Å²) >= 11 is 1.35. The van der Waals surface area contributed by atoms with Gasteiger partial charge in [0.1, 0.15) is 5.76 Å². The van der Waals surface area contributed by atoms with Gasteiger partial charge < -0.3 is 9.73 Å². The lowest BCUT2D eigenvalue weighted by Gasteiger charge is -1.96. The molecule has 1 aromatic heterocycles. The molecule has 1 aliphatic heterocycles. The third-order valence-electron chi connectivity index (χ3n) is 2.03. The molecular formula is C11H11N3O2S. The maximum atomic E-state index is 11.4. The Kier molecular flexibility index (Phi) is 3.77. The number of thioether (sulfide) groups is 1. The first-order valence-corrected chi connectivity index (χ1v) is 5.90. The average Bonchev–Trinajstić information content (AvgIpc) is 2.91. The van der Waals surface area contributed by atoms with Gasteiger partial charge in [0.15, 0.2) is 5.17 Å². The van der Waals surface area contributed by atoms with Crippen molar-refractivity contribution in [3.8, 4) is 0 Å². The molecule has 1 amide bonds. The molecule has 88 valence electrons. The minimum atomic E-state index is -0.148. The van der Waals surface area contributed by atoms with E-state index in [1.54, 1.807) is 24.5 Å². The minimum absolute atomic E-state index is 0.0538. The van der Waals surface area contributed by atoms with Gasteiger partial charge in [0.05, 0.1) is 17.7 Å². The lowest BCUT2D eigenvalue weighted by atomic mass is 10.3. The zero-order chi connectivity index (χ0) is 12.1. The van der Waals surface area contributed by atoms with Gasteiger partial charge >= 0.3 is 0 Å². The maximum absolute atomic E-state index is 11.4. The third kappa shape index (κ3) is 3.07. The minimum Gasteiger partial charge on any atom is -0.463 e. The molecule has 1 atom stereocenters. The lowest BCUT2D eigenvalue weighted by Crippen LogP contribution is -2.24. The van der Waals surface area contributed by atoms with Gasteiger partial charge in [0.2, 0.25) is 5.91 Å². The van der Waals surface area contributed by atoms with Gasteiger partial charge in [-0.25, -0.2) is 0 Å². The van der Waals surface area contributed by atoms with Crippen molar-refractivity contribution in [2.24, 2.45) is 10.2 Å². The third-order valence-corrected chi connectivity index (χ3v) is 3.13. The number of nitrogens with zero attached hydrogens (tertiary/aromatic N) is 2. The zero-order valence-corrected chi connectivity index (χ0v) is 9.81. The molecule has 5 nitrogen and oxygen atoms in total. The molecule has 1 aliphatic rings. The molecule has 0 bridgehead atoms. The summed E-state index contributed by atoms with van der Waals surface area (Å²) in [5.74, 6) is 0.563. The summed E-state index contributed by atoms with van der Waals surface area (Å²) in [5.41, 5.74) is 0. The Morgan fingerprint density at radius 2 is 2.53 bits per heavy atom. The van der Waals surface area contributed by atoms with E-state index < -0.39 is 0 Å². The number of allylic oxidation sites excluding steroid dienone is 1. The van der Waals surface area contributed by atoms with Crippen molar-refractivity contribution < 1.29 is 9.21 Å². The second kappa shape index (κ2) is 5.49. The Balaban J connectivity index is 1.95. The summed E-state index contributed by atoms with van der Waals surface area (Å²) in [5, 5.41) is 10.7. The number of rotatable bonds is 4. The summed E-state index contributed by atoms with van der Waals surface area (Å²) in [7, 11) is 0. The second-order valence-corrected chi connectivity index (χ2v) is 4.48. The molecule has 1 aromatic rings. The molecule has 1 N–H and O–H groups in total. The standard InChI is InChI=1S/C11H11N3O2S/c1-2-4-9-10(15)13-11(17-9)14-12-7-8-5-3-6-16-8/h2-3,5-7,9H,1,4H2,(H,13,14,15)/b12-7-/t9-/m1/s1. The fourth-order valence-corrected chi connectivity index (χ4v) is 2.18. The Morgan fingerprint density at radius 3 is 3.24 bits per heavy atom.